The molecule has 0 spiro atoms. The third-order valence-electron chi connectivity index (χ3n) is 6.59. The number of carbonyl (C=O) groups is 3. The Balaban J connectivity index is 1.65. The molecule has 0 aliphatic carbocycles. The number of hydrogen-bond donors (Lipinski definition) is 3. The summed E-state index contributed by atoms with van der Waals surface area (Å²) in [6.45, 7) is 10.00. The summed E-state index contributed by atoms with van der Waals surface area (Å²) in [5.74, 6) is 0.697. The predicted octanol–water partition coefficient (Wildman–Crippen LogP) is 3.21. The van der Waals surface area contributed by atoms with Crippen LogP contribution < -0.4 is 15.4 Å². The molecule has 4 rings (SSSR count). The molecule has 8 heteroatoms. The van der Waals surface area contributed by atoms with E-state index in [9.17, 15) is 14.4 Å². The monoisotopic (exact) mass is 468 g/mol. The van der Waals surface area contributed by atoms with Gasteiger partial charge in [0.15, 0.2) is 0 Å². The summed E-state index contributed by atoms with van der Waals surface area (Å²) in [5, 5.41) is 6.89. The number of carbonyl (C=O) groups excluding carboxylic acids is 3. The van der Waals surface area contributed by atoms with Crippen LogP contribution in [0.3, 0.4) is 0 Å². The molecular weight excluding hydrogens is 432 g/mol. The van der Waals surface area contributed by atoms with Gasteiger partial charge in [-0.05, 0) is 57.2 Å². The minimum Gasteiger partial charge on any atom is -0.497 e. The molecule has 3 unspecified atom stereocenters. The van der Waals surface area contributed by atoms with Crippen molar-refractivity contribution in [3.63, 3.8) is 0 Å². The van der Waals surface area contributed by atoms with Gasteiger partial charge in [-0.15, -0.1) is 0 Å². The number of piperazine rings is 1. The molecule has 3 amide bonds. The Kier molecular flexibility index (Phi) is 6.36. The van der Waals surface area contributed by atoms with E-state index in [-0.39, 0.29) is 42.1 Å². The lowest BCUT2D eigenvalue weighted by Crippen LogP contribution is -2.66. The van der Waals surface area contributed by atoms with Crippen LogP contribution in [0.4, 0.5) is 0 Å². The quantitative estimate of drug-likeness (QED) is 0.606. The Bertz CT molecular complexity index is 1110. The summed E-state index contributed by atoms with van der Waals surface area (Å²) in [6, 6.07) is 4.42. The second-order valence-corrected chi connectivity index (χ2v) is 10.9. The number of aromatic amines is 1. The van der Waals surface area contributed by atoms with E-state index in [1.165, 1.54) is 0 Å². The van der Waals surface area contributed by atoms with E-state index in [1.54, 1.807) is 12.0 Å². The molecule has 34 heavy (non-hydrogen) atoms. The van der Waals surface area contributed by atoms with Crippen molar-refractivity contribution in [2.45, 2.75) is 84.0 Å². The first kappa shape index (κ1) is 24.1. The molecule has 3 N–H and O–H groups in total. The highest BCUT2D eigenvalue weighted by molar-refractivity contribution is 5.99. The molecule has 3 atom stereocenters. The van der Waals surface area contributed by atoms with Gasteiger partial charge in [0.05, 0.1) is 13.2 Å². The van der Waals surface area contributed by atoms with Crippen LogP contribution >= 0.6 is 0 Å². The highest BCUT2D eigenvalue weighted by Crippen LogP contribution is 2.42. The minimum absolute atomic E-state index is 0.110. The molecule has 1 saturated heterocycles. The fraction of sp³-hybridized carbons (Fsp3) is 0.577. The van der Waals surface area contributed by atoms with Crippen LogP contribution in [0.5, 0.6) is 5.75 Å². The summed E-state index contributed by atoms with van der Waals surface area (Å²) in [7, 11) is 1.64. The van der Waals surface area contributed by atoms with Crippen LogP contribution in [0.1, 0.15) is 71.2 Å². The number of rotatable bonds is 6. The zero-order valence-corrected chi connectivity index (χ0v) is 21.0. The molecule has 1 aromatic heterocycles. The number of H-pyrrole nitrogens is 1. The zero-order chi connectivity index (χ0) is 24.8. The van der Waals surface area contributed by atoms with Crippen molar-refractivity contribution >= 4 is 28.6 Å². The second-order valence-electron chi connectivity index (χ2n) is 10.9. The van der Waals surface area contributed by atoms with Gasteiger partial charge in [0, 0.05) is 41.0 Å². The van der Waals surface area contributed by atoms with Crippen molar-refractivity contribution in [3.05, 3.63) is 29.5 Å². The van der Waals surface area contributed by atoms with Gasteiger partial charge in [-0.2, -0.15) is 0 Å². The molecule has 184 valence electrons. The lowest BCUT2D eigenvalue weighted by Gasteiger charge is -2.46. The number of fused-ring (bicyclic) bond motifs is 4. The molecule has 0 saturated carbocycles. The lowest BCUT2D eigenvalue weighted by atomic mass is 9.85. The van der Waals surface area contributed by atoms with Crippen LogP contribution in [0.15, 0.2) is 18.2 Å². The van der Waals surface area contributed by atoms with Crippen LogP contribution in [-0.2, 0) is 20.8 Å². The maximum Gasteiger partial charge on any atom is 0.246 e. The smallest absolute Gasteiger partial charge is 0.246 e. The van der Waals surface area contributed by atoms with Crippen LogP contribution in [0.2, 0.25) is 0 Å². The summed E-state index contributed by atoms with van der Waals surface area (Å²) >= 11 is 0. The van der Waals surface area contributed by atoms with Crippen molar-refractivity contribution in [2.24, 2.45) is 5.92 Å². The maximum absolute atomic E-state index is 13.7. The van der Waals surface area contributed by atoms with Gasteiger partial charge >= 0.3 is 0 Å². The Labute approximate surface area is 200 Å². The van der Waals surface area contributed by atoms with Crippen molar-refractivity contribution < 1.29 is 19.1 Å². The molecule has 2 aliphatic heterocycles. The first-order valence-corrected chi connectivity index (χ1v) is 12.1. The highest BCUT2D eigenvalue weighted by Gasteiger charge is 2.48. The Hall–Kier alpha value is -3.03. The second kappa shape index (κ2) is 8.96. The van der Waals surface area contributed by atoms with Gasteiger partial charge in [-0.3, -0.25) is 14.4 Å². The topological polar surface area (TPSA) is 104 Å². The fourth-order valence-electron chi connectivity index (χ4n) is 5.20. The van der Waals surface area contributed by atoms with E-state index in [2.05, 4.69) is 29.5 Å². The van der Waals surface area contributed by atoms with Gasteiger partial charge in [-0.1, -0.05) is 13.8 Å². The molecule has 2 aromatic rings. The molecule has 2 aliphatic rings. The van der Waals surface area contributed by atoms with Crippen molar-refractivity contribution in [1.82, 2.24) is 20.5 Å². The van der Waals surface area contributed by atoms with E-state index >= 15 is 0 Å². The Morgan fingerprint density at radius 3 is 2.65 bits per heavy atom. The number of methoxy groups -OCH3 is 1. The molecule has 0 radical (unpaired) electrons. The summed E-state index contributed by atoms with van der Waals surface area (Å²) in [4.78, 5) is 44.5. The summed E-state index contributed by atoms with van der Waals surface area (Å²) in [6.07, 6.45) is 1.66. The average molecular weight is 469 g/mol. The fourth-order valence-corrected chi connectivity index (χ4v) is 5.20. The van der Waals surface area contributed by atoms with Crippen molar-refractivity contribution in [2.75, 3.05) is 7.11 Å². The number of nitrogens with zero attached hydrogens (tertiary/aromatic N) is 1. The standard InChI is InChI=1S/C26H36N4O4/c1-14(2)11-20-23-17(16-8-7-15(34-6)12-19(16)27-23)13-21-24(32)28-18(25(33)30(20)21)9-10-22(31)29-26(3,4)5/h7-8,12,14,18,20-21,27H,9-11,13H2,1-6H3,(H,28,32)(H,29,31). The number of amides is 3. The van der Waals surface area contributed by atoms with Gasteiger partial charge in [-0.25, -0.2) is 0 Å². The number of aromatic nitrogens is 1. The molecule has 1 aromatic carbocycles. The molecule has 0 bridgehead atoms. The molecule has 1 fully saturated rings. The summed E-state index contributed by atoms with van der Waals surface area (Å²) < 4.78 is 5.38. The highest BCUT2D eigenvalue weighted by atomic mass is 16.5. The number of nitrogens with one attached hydrogen (secondary N) is 3. The Morgan fingerprint density at radius 2 is 2.00 bits per heavy atom. The van der Waals surface area contributed by atoms with Gasteiger partial charge in [0.25, 0.3) is 0 Å². The van der Waals surface area contributed by atoms with E-state index in [0.717, 1.165) is 34.3 Å². The third-order valence-corrected chi connectivity index (χ3v) is 6.59. The lowest BCUT2D eigenvalue weighted by molar-refractivity contribution is -0.154. The summed E-state index contributed by atoms with van der Waals surface area (Å²) in [5.41, 5.74) is 2.70. The first-order valence-electron chi connectivity index (χ1n) is 12.1. The van der Waals surface area contributed by atoms with E-state index in [4.69, 9.17) is 4.74 Å². The van der Waals surface area contributed by atoms with Crippen LogP contribution in [-0.4, -0.2) is 52.3 Å². The SMILES string of the molecule is COc1ccc2c3c([nH]c2c1)C(CC(C)C)N1C(=O)C(CCC(=O)NC(C)(C)C)NC(=O)C1C3. The first-order chi connectivity index (χ1) is 16.0. The van der Waals surface area contributed by atoms with Crippen LogP contribution in [0, 0.1) is 5.92 Å². The Morgan fingerprint density at radius 1 is 1.26 bits per heavy atom. The molecule has 8 nitrogen and oxygen atoms in total. The predicted molar refractivity (Wildman–Crippen MR) is 130 cm³/mol. The minimum atomic E-state index is -0.699. The third kappa shape index (κ3) is 4.63. The van der Waals surface area contributed by atoms with Gasteiger partial charge in [0.2, 0.25) is 17.7 Å². The maximum atomic E-state index is 13.7. The van der Waals surface area contributed by atoms with E-state index < -0.39 is 12.1 Å². The molecular formula is C26H36N4O4. The largest absolute Gasteiger partial charge is 0.497 e. The van der Waals surface area contributed by atoms with Crippen molar-refractivity contribution in [3.8, 4) is 5.75 Å². The van der Waals surface area contributed by atoms with Crippen molar-refractivity contribution in [1.29, 1.82) is 0 Å². The normalized spacial score (nSPS) is 22.4. The van der Waals surface area contributed by atoms with E-state index in [0.29, 0.717) is 12.3 Å². The van der Waals surface area contributed by atoms with E-state index in [1.807, 2.05) is 39.0 Å². The number of ether oxygens (including phenoxy) is 1. The number of hydrogen-bond acceptors (Lipinski definition) is 4. The zero-order valence-electron chi connectivity index (χ0n) is 21.0. The van der Waals surface area contributed by atoms with Gasteiger partial charge in [0.1, 0.15) is 17.8 Å². The molecule has 3 heterocycles. The average Bonchev–Trinajstić information content (AvgIpc) is 3.11. The van der Waals surface area contributed by atoms with Gasteiger partial charge < -0.3 is 25.3 Å². The van der Waals surface area contributed by atoms with Crippen LogP contribution in [0.25, 0.3) is 10.9 Å². The number of benzene rings is 1.